The van der Waals surface area contributed by atoms with Crippen LogP contribution >= 0.6 is 15.9 Å². The highest BCUT2D eigenvalue weighted by atomic mass is 79.9. The molecule has 0 radical (unpaired) electrons. The predicted molar refractivity (Wildman–Crippen MR) is 54.9 cm³/mol. The van der Waals surface area contributed by atoms with Crippen LogP contribution < -0.4 is 5.76 Å². The highest BCUT2D eigenvalue weighted by Gasteiger charge is 2.06. The Morgan fingerprint density at radius 3 is 2.50 bits per heavy atom. The van der Waals surface area contributed by atoms with Crippen molar-refractivity contribution in [3.8, 4) is 11.4 Å². The first kappa shape index (κ1) is 9.21. The molecule has 14 heavy (non-hydrogen) atoms. The van der Waals surface area contributed by atoms with E-state index < -0.39 is 5.76 Å². The van der Waals surface area contributed by atoms with Crippen LogP contribution in [0.1, 0.15) is 0 Å². The summed E-state index contributed by atoms with van der Waals surface area (Å²) >= 11 is 3.33. The van der Waals surface area contributed by atoms with Crippen LogP contribution in [0.2, 0.25) is 0 Å². The van der Waals surface area contributed by atoms with Crippen molar-refractivity contribution in [2.24, 2.45) is 7.05 Å². The molecule has 72 valence electrons. The van der Waals surface area contributed by atoms with E-state index in [1.165, 1.54) is 4.74 Å². The third kappa shape index (κ3) is 1.63. The molecule has 4 nitrogen and oxygen atoms in total. The standard InChI is InChI=1S/C9H7BrN2O2/c1-12-8(11-9(13)14-12)6-2-4-7(10)5-3-6/h2-5H,1H3. The lowest BCUT2D eigenvalue weighted by molar-refractivity contribution is 0.286. The van der Waals surface area contributed by atoms with E-state index >= 15 is 0 Å². The summed E-state index contributed by atoms with van der Waals surface area (Å²) < 4.78 is 7.07. The molecule has 0 spiro atoms. The van der Waals surface area contributed by atoms with Gasteiger partial charge in [-0.05, 0) is 12.1 Å². The first-order chi connectivity index (χ1) is 6.66. The molecule has 0 saturated carbocycles. The number of hydrogen-bond donors (Lipinski definition) is 0. The lowest BCUT2D eigenvalue weighted by Gasteiger charge is -1.98. The molecule has 0 fully saturated rings. The monoisotopic (exact) mass is 254 g/mol. The fraction of sp³-hybridized carbons (Fsp3) is 0.111. The average Bonchev–Trinajstić information content (AvgIpc) is 2.47. The van der Waals surface area contributed by atoms with Crippen LogP contribution in [-0.2, 0) is 7.05 Å². The fourth-order valence-corrected chi connectivity index (χ4v) is 1.45. The molecule has 5 heteroatoms. The second kappa shape index (κ2) is 3.42. The molecular formula is C9H7BrN2O2. The molecule has 0 N–H and O–H groups in total. The maximum atomic E-state index is 10.8. The van der Waals surface area contributed by atoms with Crippen LogP contribution in [0.3, 0.4) is 0 Å². The summed E-state index contributed by atoms with van der Waals surface area (Å²) in [6.07, 6.45) is 0. The number of benzene rings is 1. The molecular weight excluding hydrogens is 248 g/mol. The van der Waals surface area contributed by atoms with Crippen LogP contribution in [0.25, 0.3) is 11.4 Å². The Balaban J connectivity index is 2.54. The van der Waals surface area contributed by atoms with E-state index in [9.17, 15) is 4.79 Å². The average molecular weight is 255 g/mol. The van der Waals surface area contributed by atoms with Crippen LogP contribution in [0.5, 0.6) is 0 Å². The fourth-order valence-electron chi connectivity index (χ4n) is 1.18. The Morgan fingerprint density at radius 1 is 1.36 bits per heavy atom. The van der Waals surface area contributed by atoms with Gasteiger partial charge in [0.1, 0.15) is 0 Å². The van der Waals surface area contributed by atoms with Gasteiger partial charge in [0.05, 0.1) is 0 Å². The van der Waals surface area contributed by atoms with Crippen molar-refractivity contribution >= 4 is 15.9 Å². The minimum Gasteiger partial charge on any atom is -0.319 e. The normalized spacial score (nSPS) is 10.4. The van der Waals surface area contributed by atoms with E-state index in [0.29, 0.717) is 5.82 Å². The number of halogens is 1. The highest BCUT2D eigenvalue weighted by Crippen LogP contribution is 2.18. The van der Waals surface area contributed by atoms with Crippen LogP contribution in [-0.4, -0.2) is 9.72 Å². The zero-order valence-electron chi connectivity index (χ0n) is 7.40. The maximum absolute atomic E-state index is 10.8. The van der Waals surface area contributed by atoms with Gasteiger partial charge in [-0.3, -0.25) is 0 Å². The van der Waals surface area contributed by atoms with Crippen molar-refractivity contribution in [3.05, 3.63) is 39.3 Å². The van der Waals surface area contributed by atoms with E-state index in [2.05, 4.69) is 20.9 Å². The van der Waals surface area contributed by atoms with E-state index in [4.69, 9.17) is 4.52 Å². The molecule has 0 bridgehead atoms. The summed E-state index contributed by atoms with van der Waals surface area (Å²) in [5, 5.41) is 0. The molecule has 0 saturated heterocycles. The molecule has 0 unspecified atom stereocenters. The zero-order valence-corrected chi connectivity index (χ0v) is 8.98. The van der Waals surface area contributed by atoms with Crippen molar-refractivity contribution in [3.63, 3.8) is 0 Å². The quantitative estimate of drug-likeness (QED) is 0.780. The van der Waals surface area contributed by atoms with E-state index in [-0.39, 0.29) is 0 Å². The molecule has 1 aromatic heterocycles. The van der Waals surface area contributed by atoms with Gasteiger partial charge in [0.15, 0.2) is 5.82 Å². The Labute approximate surface area is 88.3 Å². The summed E-state index contributed by atoms with van der Waals surface area (Å²) in [5.41, 5.74) is 0.849. The number of rotatable bonds is 1. The Morgan fingerprint density at radius 2 is 2.00 bits per heavy atom. The van der Waals surface area contributed by atoms with Gasteiger partial charge in [-0.25, -0.2) is 4.79 Å². The zero-order chi connectivity index (χ0) is 10.1. The summed E-state index contributed by atoms with van der Waals surface area (Å²) in [5.74, 6) is -0.0482. The first-order valence-corrected chi connectivity index (χ1v) is 4.76. The molecule has 0 atom stereocenters. The van der Waals surface area contributed by atoms with Crippen molar-refractivity contribution < 1.29 is 4.52 Å². The molecule has 2 aromatic rings. The molecule has 0 aliphatic heterocycles. The topological polar surface area (TPSA) is 48.0 Å². The highest BCUT2D eigenvalue weighted by molar-refractivity contribution is 9.10. The van der Waals surface area contributed by atoms with Gasteiger partial charge in [0.25, 0.3) is 0 Å². The lowest BCUT2D eigenvalue weighted by atomic mass is 10.2. The molecule has 2 rings (SSSR count). The van der Waals surface area contributed by atoms with Gasteiger partial charge in [-0.1, -0.05) is 28.1 Å². The molecule has 0 amide bonds. The predicted octanol–water partition coefficient (Wildman–Crippen LogP) is 1.80. The summed E-state index contributed by atoms with van der Waals surface area (Å²) in [7, 11) is 1.64. The largest absolute Gasteiger partial charge is 0.460 e. The van der Waals surface area contributed by atoms with Crippen molar-refractivity contribution in [2.75, 3.05) is 0 Å². The Hall–Kier alpha value is -1.36. The van der Waals surface area contributed by atoms with E-state index in [1.807, 2.05) is 24.3 Å². The molecule has 1 heterocycles. The molecule has 1 aromatic carbocycles. The minimum atomic E-state index is -0.578. The number of aryl methyl sites for hydroxylation is 1. The summed E-state index contributed by atoms with van der Waals surface area (Å²) in [4.78, 5) is 14.6. The van der Waals surface area contributed by atoms with Gasteiger partial charge in [-0.2, -0.15) is 9.72 Å². The number of nitrogens with zero attached hydrogens (tertiary/aromatic N) is 2. The SMILES string of the molecule is Cn1oc(=O)nc1-c1ccc(Br)cc1. The number of hydrogen-bond acceptors (Lipinski definition) is 3. The second-order valence-corrected chi connectivity index (χ2v) is 3.71. The van der Waals surface area contributed by atoms with Gasteiger partial charge >= 0.3 is 5.76 Å². The molecule has 0 aliphatic carbocycles. The van der Waals surface area contributed by atoms with Gasteiger partial charge < -0.3 is 4.52 Å². The minimum absolute atomic E-state index is 0.530. The van der Waals surface area contributed by atoms with Crippen molar-refractivity contribution in [2.45, 2.75) is 0 Å². The van der Waals surface area contributed by atoms with Crippen LogP contribution in [0, 0.1) is 0 Å². The van der Waals surface area contributed by atoms with Crippen molar-refractivity contribution in [1.29, 1.82) is 0 Å². The second-order valence-electron chi connectivity index (χ2n) is 2.80. The third-order valence-corrected chi connectivity index (χ3v) is 2.34. The molecule has 0 aliphatic rings. The van der Waals surface area contributed by atoms with Crippen molar-refractivity contribution in [1.82, 2.24) is 9.72 Å². The van der Waals surface area contributed by atoms with E-state index in [1.54, 1.807) is 7.05 Å². The Bertz CT molecular complexity index is 498. The van der Waals surface area contributed by atoms with Crippen LogP contribution in [0.15, 0.2) is 38.1 Å². The Kier molecular flexibility index (Phi) is 2.25. The first-order valence-electron chi connectivity index (χ1n) is 3.97. The summed E-state index contributed by atoms with van der Waals surface area (Å²) in [6.45, 7) is 0. The van der Waals surface area contributed by atoms with Gasteiger partial charge in [0.2, 0.25) is 0 Å². The lowest BCUT2D eigenvalue weighted by Crippen LogP contribution is -1.94. The smallest absolute Gasteiger partial charge is 0.319 e. The van der Waals surface area contributed by atoms with Gasteiger partial charge in [-0.15, -0.1) is 0 Å². The maximum Gasteiger partial charge on any atom is 0.460 e. The third-order valence-electron chi connectivity index (χ3n) is 1.81. The van der Waals surface area contributed by atoms with E-state index in [0.717, 1.165) is 10.0 Å². The van der Waals surface area contributed by atoms with Gasteiger partial charge in [0, 0.05) is 17.1 Å². The summed E-state index contributed by atoms with van der Waals surface area (Å²) in [6, 6.07) is 7.49. The number of aromatic nitrogens is 2. The van der Waals surface area contributed by atoms with Crippen LogP contribution in [0.4, 0.5) is 0 Å².